The Morgan fingerprint density at radius 3 is 2.56 bits per heavy atom. The van der Waals surface area contributed by atoms with Crippen LogP contribution < -0.4 is 0 Å². The van der Waals surface area contributed by atoms with Gasteiger partial charge in [0.05, 0.1) is 10.7 Å². The van der Waals surface area contributed by atoms with Crippen LogP contribution in [0.4, 0.5) is 0 Å². The average molecular weight is 229 g/mol. The van der Waals surface area contributed by atoms with Crippen LogP contribution in [0.25, 0.3) is 11.3 Å². The summed E-state index contributed by atoms with van der Waals surface area (Å²) in [6, 6.07) is 10.4. The third kappa shape index (κ3) is 1.57. The molecule has 0 aliphatic heterocycles. The van der Waals surface area contributed by atoms with Gasteiger partial charge in [0.15, 0.2) is 0 Å². The SMILES string of the molecule is CC1(c2nc(-c3ccccc3)cs2)CCC1. The van der Waals surface area contributed by atoms with Crippen LogP contribution in [0, 0.1) is 0 Å². The first kappa shape index (κ1) is 10.0. The highest BCUT2D eigenvalue weighted by molar-refractivity contribution is 7.10. The molecule has 1 aromatic heterocycles. The van der Waals surface area contributed by atoms with Crippen LogP contribution in [0.5, 0.6) is 0 Å². The molecule has 1 fully saturated rings. The number of rotatable bonds is 2. The van der Waals surface area contributed by atoms with Crippen LogP contribution in [0.3, 0.4) is 0 Å². The summed E-state index contributed by atoms with van der Waals surface area (Å²) in [5.41, 5.74) is 2.74. The van der Waals surface area contributed by atoms with Crippen LogP contribution in [0.1, 0.15) is 31.2 Å². The number of nitrogens with zero attached hydrogens (tertiary/aromatic N) is 1. The van der Waals surface area contributed by atoms with Gasteiger partial charge in [0, 0.05) is 16.4 Å². The second-order valence-corrected chi connectivity index (χ2v) is 5.68. The quantitative estimate of drug-likeness (QED) is 0.750. The Morgan fingerprint density at radius 2 is 1.94 bits per heavy atom. The molecule has 82 valence electrons. The maximum Gasteiger partial charge on any atom is 0.0991 e. The Kier molecular flexibility index (Phi) is 2.32. The molecule has 2 aromatic rings. The molecule has 0 spiro atoms. The van der Waals surface area contributed by atoms with E-state index in [0.717, 1.165) is 5.69 Å². The average Bonchev–Trinajstić information content (AvgIpc) is 2.77. The first-order valence-corrected chi connectivity index (χ1v) is 6.67. The van der Waals surface area contributed by atoms with Crippen LogP contribution in [-0.4, -0.2) is 4.98 Å². The molecule has 0 radical (unpaired) electrons. The Morgan fingerprint density at radius 1 is 1.19 bits per heavy atom. The number of hydrogen-bond donors (Lipinski definition) is 0. The molecule has 16 heavy (non-hydrogen) atoms. The molecule has 0 amide bonds. The van der Waals surface area contributed by atoms with Gasteiger partial charge in [-0.2, -0.15) is 0 Å². The van der Waals surface area contributed by atoms with Crippen LogP contribution in [0.2, 0.25) is 0 Å². The topological polar surface area (TPSA) is 12.9 Å². The Labute approximate surface area is 100 Å². The van der Waals surface area contributed by atoms with Gasteiger partial charge in [0.1, 0.15) is 0 Å². The lowest BCUT2D eigenvalue weighted by Crippen LogP contribution is -2.30. The number of benzene rings is 1. The van der Waals surface area contributed by atoms with E-state index in [4.69, 9.17) is 4.98 Å². The van der Waals surface area contributed by atoms with Gasteiger partial charge < -0.3 is 0 Å². The molecule has 0 N–H and O–H groups in total. The van der Waals surface area contributed by atoms with Gasteiger partial charge in [-0.1, -0.05) is 43.7 Å². The molecule has 0 bridgehead atoms. The summed E-state index contributed by atoms with van der Waals surface area (Å²) in [4.78, 5) is 4.79. The summed E-state index contributed by atoms with van der Waals surface area (Å²) < 4.78 is 0. The molecule has 1 nitrogen and oxygen atoms in total. The van der Waals surface area contributed by atoms with Crippen LogP contribution >= 0.6 is 11.3 Å². The van der Waals surface area contributed by atoms with Gasteiger partial charge in [-0.15, -0.1) is 11.3 Å². The van der Waals surface area contributed by atoms with Gasteiger partial charge in [-0.3, -0.25) is 0 Å². The minimum absolute atomic E-state index is 0.373. The molecule has 1 aliphatic carbocycles. The monoisotopic (exact) mass is 229 g/mol. The Bertz CT molecular complexity index is 482. The van der Waals surface area contributed by atoms with Gasteiger partial charge in [0.2, 0.25) is 0 Å². The van der Waals surface area contributed by atoms with E-state index in [1.165, 1.54) is 29.8 Å². The molecule has 1 saturated carbocycles. The summed E-state index contributed by atoms with van der Waals surface area (Å²) in [5.74, 6) is 0. The Hall–Kier alpha value is -1.15. The van der Waals surface area contributed by atoms with Crippen molar-refractivity contribution in [1.29, 1.82) is 0 Å². The van der Waals surface area contributed by atoms with E-state index in [2.05, 4.69) is 36.6 Å². The van der Waals surface area contributed by atoms with Crippen molar-refractivity contribution in [2.24, 2.45) is 0 Å². The highest BCUT2D eigenvalue weighted by Crippen LogP contribution is 2.44. The maximum atomic E-state index is 4.79. The summed E-state index contributed by atoms with van der Waals surface area (Å²) in [5, 5.41) is 3.51. The molecule has 2 heteroatoms. The zero-order valence-electron chi connectivity index (χ0n) is 9.44. The highest BCUT2D eigenvalue weighted by Gasteiger charge is 2.36. The smallest absolute Gasteiger partial charge is 0.0991 e. The summed E-state index contributed by atoms with van der Waals surface area (Å²) >= 11 is 1.82. The standard InChI is InChI=1S/C14H15NS/c1-14(8-5-9-14)13-15-12(10-16-13)11-6-3-2-4-7-11/h2-4,6-7,10H,5,8-9H2,1H3. The second kappa shape index (κ2) is 3.70. The summed E-state index contributed by atoms with van der Waals surface area (Å²) in [6.07, 6.45) is 3.96. The third-order valence-electron chi connectivity index (χ3n) is 3.55. The fourth-order valence-corrected chi connectivity index (χ4v) is 3.27. The lowest BCUT2D eigenvalue weighted by molar-refractivity contribution is 0.271. The van der Waals surface area contributed by atoms with E-state index >= 15 is 0 Å². The number of aromatic nitrogens is 1. The first-order chi connectivity index (χ1) is 7.78. The predicted molar refractivity (Wildman–Crippen MR) is 68.8 cm³/mol. The van der Waals surface area contributed by atoms with Crippen molar-refractivity contribution in [1.82, 2.24) is 4.98 Å². The molecule has 0 unspecified atom stereocenters. The Balaban J connectivity index is 1.94. The summed E-state index contributed by atoms with van der Waals surface area (Å²) in [7, 11) is 0. The lowest BCUT2D eigenvalue weighted by Gasteiger charge is -2.36. The fourth-order valence-electron chi connectivity index (χ4n) is 2.21. The molecule has 0 atom stereocenters. The van der Waals surface area contributed by atoms with Crippen molar-refractivity contribution in [2.45, 2.75) is 31.6 Å². The highest BCUT2D eigenvalue weighted by atomic mass is 32.1. The molecular formula is C14H15NS. The van der Waals surface area contributed by atoms with E-state index in [1.807, 2.05) is 17.4 Å². The van der Waals surface area contributed by atoms with Crippen LogP contribution in [-0.2, 0) is 5.41 Å². The van der Waals surface area contributed by atoms with Crippen molar-refractivity contribution in [3.8, 4) is 11.3 Å². The molecule has 1 heterocycles. The third-order valence-corrected chi connectivity index (χ3v) is 4.70. The zero-order chi connectivity index (χ0) is 11.0. The van der Waals surface area contributed by atoms with E-state index in [9.17, 15) is 0 Å². The van der Waals surface area contributed by atoms with Crippen molar-refractivity contribution in [3.05, 3.63) is 40.7 Å². The summed E-state index contributed by atoms with van der Waals surface area (Å²) in [6.45, 7) is 2.34. The minimum Gasteiger partial charge on any atom is -0.241 e. The lowest BCUT2D eigenvalue weighted by atomic mass is 9.71. The van der Waals surface area contributed by atoms with Gasteiger partial charge in [-0.05, 0) is 12.8 Å². The van der Waals surface area contributed by atoms with Crippen molar-refractivity contribution in [3.63, 3.8) is 0 Å². The molecular weight excluding hydrogens is 214 g/mol. The van der Waals surface area contributed by atoms with E-state index in [0.29, 0.717) is 5.41 Å². The normalized spacial score (nSPS) is 18.1. The molecule has 0 saturated heterocycles. The number of thiazole rings is 1. The zero-order valence-corrected chi connectivity index (χ0v) is 10.3. The van der Waals surface area contributed by atoms with Crippen molar-refractivity contribution < 1.29 is 0 Å². The van der Waals surface area contributed by atoms with Gasteiger partial charge in [0.25, 0.3) is 0 Å². The molecule has 1 aromatic carbocycles. The van der Waals surface area contributed by atoms with Crippen molar-refractivity contribution in [2.75, 3.05) is 0 Å². The van der Waals surface area contributed by atoms with E-state index in [1.54, 1.807) is 0 Å². The van der Waals surface area contributed by atoms with Gasteiger partial charge >= 0.3 is 0 Å². The molecule has 3 rings (SSSR count). The number of hydrogen-bond acceptors (Lipinski definition) is 2. The van der Waals surface area contributed by atoms with E-state index in [-0.39, 0.29) is 0 Å². The maximum absolute atomic E-state index is 4.79. The van der Waals surface area contributed by atoms with E-state index < -0.39 is 0 Å². The largest absolute Gasteiger partial charge is 0.241 e. The molecule has 1 aliphatic rings. The predicted octanol–water partition coefficient (Wildman–Crippen LogP) is 4.25. The fraction of sp³-hybridized carbons (Fsp3) is 0.357. The van der Waals surface area contributed by atoms with Crippen molar-refractivity contribution >= 4 is 11.3 Å². The minimum atomic E-state index is 0.373. The first-order valence-electron chi connectivity index (χ1n) is 5.79. The van der Waals surface area contributed by atoms with Gasteiger partial charge in [-0.25, -0.2) is 4.98 Å². The second-order valence-electron chi connectivity index (χ2n) is 4.82. The van der Waals surface area contributed by atoms with Crippen LogP contribution in [0.15, 0.2) is 35.7 Å².